The van der Waals surface area contributed by atoms with Gasteiger partial charge in [0.05, 0.1) is 22.6 Å². The van der Waals surface area contributed by atoms with Crippen molar-refractivity contribution in [2.75, 3.05) is 20.1 Å². The maximum atomic E-state index is 12.2. The Balaban J connectivity index is 1.40. The Kier molecular flexibility index (Phi) is 6.46. The van der Waals surface area contributed by atoms with E-state index in [1.807, 2.05) is 13.2 Å². The molecule has 0 aliphatic carbocycles. The minimum Gasteiger partial charge on any atom is -0.355 e. The Morgan fingerprint density at radius 2 is 1.84 bits per heavy atom. The van der Waals surface area contributed by atoms with Gasteiger partial charge in [0, 0.05) is 38.1 Å². The molecule has 0 spiro atoms. The van der Waals surface area contributed by atoms with Gasteiger partial charge in [-0.3, -0.25) is 14.4 Å². The number of rotatable bonds is 6. The molecule has 0 atom stereocenters. The average molecular weight is 435 g/mol. The number of aromatic nitrogens is 4. The zero-order valence-electron chi connectivity index (χ0n) is 19.9. The minimum absolute atomic E-state index is 0.0536. The topological polar surface area (TPSA) is 68.0 Å². The van der Waals surface area contributed by atoms with Gasteiger partial charge in [0.15, 0.2) is 0 Å². The molecule has 3 aromatic rings. The SMILES string of the molecule is CNC(=O)c1cn(C)nc1CC1CCN(Cc2c(C)nn(-c3ccccc3C)c2C)CC1. The van der Waals surface area contributed by atoms with Crippen LogP contribution in [0.15, 0.2) is 30.5 Å². The first kappa shape index (κ1) is 22.3. The van der Waals surface area contributed by atoms with E-state index in [1.54, 1.807) is 11.7 Å². The quantitative estimate of drug-likeness (QED) is 0.646. The highest BCUT2D eigenvalue weighted by Crippen LogP contribution is 2.26. The third-order valence-electron chi connectivity index (χ3n) is 6.73. The number of piperidine rings is 1. The largest absolute Gasteiger partial charge is 0.355 e. The lowest BCUT2D eigenvalue weighted by Crippen LogP contribution is -2.34. The molecule has 3 heterocycles. The second kappa shape index (κ2) is 9.28. The van der Waals surface area contributed by atoms with E-state index in [2.05, 4.69) is 65.0 Å². The van der Waals surface area contributed by atoms with Crippen LogP contribution in [0.3, 0.4) is 0 Å². The van der Waals surface area contributed by atoms with Crippen molar-refractivity contribution in [3.63, 3.8) is 0 Å². The second-order valence-electron chi connectivity index (χ2n) is 9.01. The molecule has 7 heteroatoms. The van der Waals surface area contributed by atoms with E-state index in [9.17, 15) is 4.79 Å². The predicted molar refractivity (Wildman–Crippen MR) is 126 cm³/mol. The summed E-state index contributed by atoms with van der Waals surface area (Å²) in [5.41, 5.74) is 7.66. The molecule has 0 saturated carbocycles. The van der Waals surface area contributed by atoms with E-state index in [0.29, 0.717) is 11.5 Å². The molecule has 32 heavy (non-hydrogen) atoms. The fraction of sp³-hybridized carbons (Fsp3) is 0.480. The highest BCUT2D eigenvalue weighted by molar-refractivity contribution is 5.94. The van der Waals surface area contributed by atoms with Gasteiger partial charge in [-0.25, -0.2) is 4.68 Å². The van der Waals surface area contributed by atoms with Crippen LogP contribution in [0, 0.1) is 26.7 Å². The van der Waals surface area contributed by atoms with Crippen LogP contribution in [0.25, 0.3) is 5.69 Å². The fourth-order valence-corrected chi connectivity index (χ4v) is 4.79. The fourth-order valence-electron chi connectivity index (χ4n) is 4.79. The molecule has 0 unspecified atom stereocenters. The maximum absolute atomic E-state index is 12.2. The van der Waals surface area contributed by atoms with Crippen molar-refractivity contribution < 1.29 is 4.79 Å². The molecule has 1 N–H and O–H groups in total. The van der Waals surface area contributed by atoms with Gasteiger partial charge in [0.1, 0.15) is 0 Å². The smallest absolute Gasteiger partial charge is 0.254 e. The van der Waals surface area contributed by atoms with Crippen LogP contribution in [0.2, 0.25) is 0 Å². The van der Waals surface area contributed by atoms with E-state index in [1.165, 1.54) is 16.8 Å². The van der Waals surface area contributed by atoms with Crippen LogP contribution in [0.5, 0.6) is 0 Å². The Hall–Kier alpha value is -2.93. The maximum Gasteiger partial charge on any atom is 0.254 e. The lowest BCUT2D eigenvalue weighted by atomic mass is 9.91. The van der Waals surface area contributed by atoms with Crippen LogP contribution in [0.1, 0.15) is 51.4 Å². The molecule has 1 aliphatic heterocycles. The van der Waals surface area contributed by atoms with Crippen molar-refractivity contribution in [1.82, 2.24) is 29.8 Å². The molecular formula is C25H34N6O. The van der Waals surface area contributed by atoms with Crippen molar-refractivity contribution in [3.8, 4) is 5.69 Å². The van der Waals surface area contributed by atoms with Crippen molar-refractivity contribution in [2.45, 2.75) is 46.6 Å². The summed E-state index contributed by atoms with van der Waals surface area (Å²) in [7, 11) is 3.54. The number of para-hydroxylation sites is 1. The van der Waals surface area contributed by atoms with Crippen molar-refractivity contribution in [3.05, 3.63) is 64.2 Å². The molecule has 7 nitrogen and oxygen atoms in total. The number of nitrogens with zero attached hydrogens (tertiary/aromatic N) is 5. The number of likely N-dealkylation sites (tertiary alicyclic amines) is 1. The van der Waals surface area contributed by atoms with Gasteiger partial charge in [-0.15, -0.1) is 0 Å². The minimum atomic E-state index is -0.0536. The van der Waals surface area contributed by atoms with E-state index >= 15 is 0 Å². The van der Waals surface area contributed by atoms with Crippen molar-refractivity contribution >= 4 is 5.91 Å². The summed E-state index contributed by atoms with van der Waals surface area (Å²) in [5, 5.41) is 12.1. The summed E-state index contributed by atoms with van der Waals surface area (Å²) in [6.45, 7) is 9.47. The second-order valence-corrected chi connectivity index (χ2v) is 9.01. The van der Waals surface area contributed by atoms with Crippen molar-refractivity contribution in [2.24, 2.45) is 13.0 Å². The summed E-state index contributed by atoms with van der Waals surface area (Å²) in [6.07, 6.45) is 4.92. The Labute approximate surface area is 190 Å². The molecular weight excluding hydrogens is 400 g/mol. The molecule has 2 aromatic heterocycles. The Morgan fingerprint density at radius 1 is 1.12 bits per heavy atom. The first-order valence-corrected chi connectivity index (χ1v) is 11.5. The van der Waals surface area contributed by atoms with Crippen molar-refractivity contribution in [1.29, 1.82) is 0 Å². The van der Waals surface area contributed by atoms with Crippen LogP contribution < -0.4 is 5.32 Å². The zero-order valence-corrected chi connectivity index (χ0v) is 19.9. The number of nitrogens with one attached hydrogen (secondary N) is 1. The summed E-state index contributed by atoms with van der Waals surface area (Å²) in [6, 6.07) is 8.40. The summed E-state index contributed by atoms with van der Waals surface area (Å²) < 4.78 is 3.83. The van der Waals surface area contributed by atoms with Crippen LogP contribution in [0.4, 0.5) is 0 Å². The van der Waals surface area contributed by atoms with Crippen LogP contribution in [-0.2, 0) is 20.0 Å². The van der Waals surface area contributed by atoms with E-state index in [4.69, 9.17) is 5.10 Å². The van der Waals surface area contributed by atoms with Crippen LogP contribution >= 0.6 is 0 Å². The molecule has 1 saturated heterocycles. The van der Waals surface area contributed by atoms with E-state index < -0.39 is 0 Å². The van der Waals surface area contributed by atoms with Crippen LogP contribution in [-0.4, -0.2) is 50.5 Å². The van der Waals surface area contributed by atoms with Gasteiger partial charge in [-0.05, 0) is 70.7 Å². The third-order valence-corrected chi connectivity index (χ3v) is 6.73. The molecule has 170 valence electrons. The zero-order chi connectivity index (χ0) is 22.8. The molecule has 1 amide bonds. The molecule has 0 radical (unpaired) electrons. The summed E-state index contributed by atoms with van der Waals surface area (Å²) in [4.78, 5) is 14.7. The first-order chi connectivity index (χ1) is 15.4. The molecule has 1 aliphatic rings. The Morgan fingerprint density at radius 3 is 2.53 bits per heavy atom. The summed E-state index contributed by atoms with van der Waals surface area (Å²) >= 11 is 0. The average Bonchev–Trinajstić information content (AvgIpc) is 3.28. The Bertz CT molecular complexity index is 1100. The number of benzene rings is 1. The van der Waals surface area contributed by atoms with Gasteiger partial charge in [-0.2, -0.15) is 10.2 Å². The number of hydrogen-bond donors (Lipinski definition) is 1. The number of amides is 1. The summed E-state index contributed by atoms with van der Waals surface area (Å²) in [5.74, 6) is 0.503. The number of carbonyl (C=O) groups excluding carboxylic acids is 1. The molecule has 4 rings (SSSR count). The number of aryl methyl sites for hydroxylation is 3. The van der Waals surface area contributed by atoms with Gasteiger partial charge in [-0.1, -0.05) is 18.2 Å². The van der Waals surface area contributed by atoms with E-state index in [0.717, 1.165) is 56.0 Å². The number of hydrogen-bond acceptors (Lipinski definition) is 4. The highest BCUT2D eigenvalue weighted by atomic mass is 16.1. The molecule has 1 fully saturated rings. The third kappa shape index (κ3) is 4.48. The van der Waals surface area contributed by atoms with Gasteiger partial charge in [0.2, 0.25) is 0 Å². The lowest BCUT2D eigenvalue weighted by Gasteiger charge is -2.32. The lowest BCUT2D eigenvalue weighted by molar-refractivity contribution is 0.0961. The molecule has 0 bridgehead atoms. The normalized spacial score (nSPS) is 15.3. The van der Waals surface area contributed by atoms with Gasteiger partial charge in [0.25, 0.3) is 5.91 Å². The highest BCUT2D eigenvalue weighted by Gasteiger charge is 2.25. The standard InChI is InChI=1S/C25H34N6O/c1-17-8-6-7-9-24(17)31-19(3)21(18(2)27-31)16-30-12-10-20(11-13-30)14-23-22(25(32)26-4)15-29(5)28-23/h6-9,15,20H,10-14,16H2,1-5H3,(H,26,32). The predicted octanol–water partition coefficient (Wildman–Crippen LogP) is 3.35. The number of carbonyl (C=O) groups is 1. The van der Waals surface area contributed by atoms with E-state index in [-0.39, 0.29) is 5.91 Å². The monoisotopic (exact) mass is 434 g/mol. The van der Waals surface area contributed by atoms with Gasteiger partial charge >= 0.3 is 0 Å². The first-order valence-electron chi connectivity index (χ1n) is 11.5. The molecule has 1 aromatic carbocycles. The van der Waals surface area contributed by atoms with Gasteiger partial charge < -0.3 is 5.32 Å².